The zero-order chi connectivity index (χ0) is 17.5. The maximum Gasteiger partial charge on any atom is 0.321 e. The highest BCUT2D eigenvalue weighted by Gasteiger charge is 2.29. The molecule has 1 atom stereocenters. The first-order valence-corrected chi connectivity index (χ1v) is 9.05. The monoisotopic (exact) mass is 338 g/mol. The summed E-state index contributed by atoms with van der Waals surface area (Å²) in [7, 11) is 1.48. The Bertz CT molecular complexity index is 455. The minimum atomic E-state index is -0.492. The van der Waals surface area contributed by atoms with Gasteiger partial charge in [-0.3, -0.25) is 19.8 Å². The minimum Gasteiger partial charge on any atom is -0.341 e. The van der Waals surface area contributed by atoms with Crippen molar-refractivity contribution in [2.24, 2.45) is 5.92 Å². The van der Waals surface area contributed by atoms with Crippen LogP contribution in [-0.4, -0.2) is 66.9 Å². The highest BCUT2D eigenvalue weighted by molar-refractivity contribution is 5.96. The second-order valence-electron chi connectivity index (χ2n) is 6.87. The average molecular weight is 338 g/mol. The van der Waals surface area contributed by atoms with Crippen LogP contribution in [0, 0.1) is 5.92 Å². The summed E-state index contributed by atoms with van der Waals surface area (Å²) in [6.07, 6.45) is 6.85. The standard InChI is InChI=1S/C17H30N4O3/c1-13(16(23)19-17(24)18-2)20-8-10-21(11-9-20)15(22)12-14-6-4-3-5-7-14/h13-14H,3-12H2,1-2H3,(H2,18,19,23,24)/t13-/m0/s1. The molecule has 0 bridgehead atoms. The van der Waals surface area contributed by atoms with E-state index in [2.05, 4.69) is 10.6 Å². The van der Waals surface area contributed by atoms with Crippen LogP contribution in [0.3, 0.4) is 0 Å². The van der Waals surface area contributed by atoms with Gasteiger partial charge in [0.2, 0.25) is 11.8 Å². The number of urea groups is 1. The molecular formula is C17H30N4O3. The van der Waals surface area contributed by atoms with Gasteiger partial charge in [-0.05, 0) is 25.7 Å². The molecule has 136 valence electrons. The predicted molar refractivity (Wildman–Crippen MR) is 91.4 cm³/mol. The van der Waals surface area contributed by atoms with E-state index in [9.17, 15) is 14.4 Å². The molecule has 0 unspecified atom stereocenters. The van der Waals surface area contributed by atoms with Crippen LogP contribution in [0.15, 0.2) is 0 Å². The van der Waals surface area contributed by atoms with Crippen molar-refractivity contribution in [2.75, 3.05) is 33.2 Å². The Balaban J connectivity index is 1.74. The second kappa shape index (κ2) is 9.01. The molecule has 0 radical (unpaired) electrons. The van der Waals surface area contributed by atoms with Crippen LogP contribution in [0.25, 0.3) is 0 Å². The number of hydrogen-bond acceptors (Lipinski definition) is 4. The van der Waals surface area contributed by atoms with Crippen molar-refractivity contribution in [3.8, 4) is 0 Å². The van der Waals surface area contributed by atoms with Gasteiger partial charge in [0, 0.05) is 39.6 Å². The van der Waals surface area contributed by atoms with Crippen LogP contribution in [0.2, 0.25) is 0 Å². The molecule has 1 heterocycles. The molecule has 2 N–H and O–H groups in total. The number of hydrogen-bond donors (Lipinski definition) is 2. The summed E-state index contributed by atoms with van der Waals surface area (Å²) in [5, 5.41) is 4.68. The van der Waals surface area contributed by atoms with Gasteiger partial charge in [-0.1, -0.05) is 19.3 Å². The Morgan fingerprint density at radius 1 is 1.04 bits per heavy atom. The second-order valence-corrected chi connectivity index (χ2v) is 6.87. The molecule has 1 saturated carbocycles. The SMILES string of the molecule is CNC(=O)NC(=O)[C@H](C)N1CCN(C(=O)CC2CCCCC2)CC1. The number of amides is 4. The number of imide groups is 1. The van der Waals surface area contributed by atoms with Crippen molar-refractivity contribution in [2.45, 2.75) is 51.5 Å². The zero-order valence-electron chi connectivity index (χ0n) is 14.8. The van der Waals surface area contributed by atoms with Gasteiger partial charge in [-0.15, -0.1) is 0 Å². The average Bonchev–Trinajstić information content (AvgIpc) is 2.61. The van der Waals surface area contributed by atoms with Crippen molar-refractivity contribution in [1.29, 1.82) is 0 Å². The number of nitrogens with zero attached hydrogens (tertiary/aromatic N) is 2. The molecule has 1 aliphatic carbocycles. The lowest BCUT2D eigenvalue weighted by atomic mass is 9.86. The van der Waals surface area contributed by atoms with Gasteiger partial charge < -0.3 is 10.2 Å². The van der Waals surface area contributed by atoms with Gasteiger partial charge in [0.1, 0.15) is 0 Å². The third kappa shape index (κ3) is 5.19. The molecule has 0 spiro atoms. The van der Waals surface area contributed by atoms with Crippen LogP contribution in [-0.2, 0) is 9.59 Å². The normalized spacial score (nSPS) is 21.2. The van der Waals surface area contributed by atoms with E-state index in [0.717, 1.165) is 0 Å². The Hall–Kier alpha value is -1.63. The largest absolute Gasteiger partial charge is 0.341 e. The number of piperazine rings is 1. The van der Waals surface area contributed by atoms with E-state index >= 15 is 0 Å². The van der Waals surface area contributed by atoms with E-state index in [-0.39, 0.29) is 17.9 Å². The van der Waals surface area contributed by atoms with Crippen molar-refractivity contribution < 1.29 is 14.4 Å². The summed E-state index contributed by atoms with van der Waals surface area (Å²) >= 11 is 0. The molecule has 24 heavy (non-hydrogen) atoms. The topological polar surface area (TPSA) is 81.8 Å². The van der Waals surface area contributed by atoms with E-state index in [0.29, 0.717) is 38.5 Å². The molecule has 1 saturated heterocycles. The summed E-state index contributed by atoms with van der Waals surface area (Å²) in [4.78, 5) is 39.6. The highest BCUT2D eigenvalue weighted by atomic mass is 16.2. The molecule has 0 aromatic rings. The number of carbonyl (C=O) groups is 3. The number of rotatable bonds is 4. The van der Waals surface area contributed by atoms with E-state index < -0.39 is 6.03 Å². The molecule has 0 aromatic heterocycles. The van der Waals surface area contributed by atoms with E-state index in [1.807, 2.05) is 9.80 Å². The van der Waals surface area contributed by atoms with Crippen molar-refractivity contribution in [3.63, 3.8) is 0 Å². The van der Waals surface area contributed by atoms with Gasteiger partial charge in [0.25, 0.3) is 0 Å². The van der Waals surface area contributed by atoms with E-state index in [1.165, 1.54) is 39.2 Å². The first kappa shape index (κ1) is 18.7. The number of carbonyl (C=O) groups excluding carboxylic acids is 3. The lowest BCUT2D eigenvalue weighted by Gasteiger charge is -2.38. The highest BCUT2D eigenvalue weighted by Crippen LogP contribution is 2.27. The van der Waals surface area contributed by atoms with Gasteiger partial charge in [-0.2, -0.15) is 0 Å². The Morgan fingerprint density at radius 3 is 2.25 bits per heavy atom. The third-order valence-electron chi connectivity index (χ3n) is 5.25. The fourth-order valence-corrected chi connectivity index (χ4v) is 3.57. The van der Waals surface area contributed by atoms with Crippen LogP contribution >= 0.6 is 0 Å². The lowest BCUT2D eigenvalue weighted by Crippen LogP contribution is -2.56. The summed E-state index contributed by atoms with van der Waals surface area (Å²) in [6, 6.07) is -0.869. The molecule has 7 heteroatoms. The lowest BCUT2D eigenvalue weighted by molar-refractivity contribution is -0.135. The first-order chi connectivity index (χ1) is 11.5. The van der Waals surface area contributed by atoms with E-state index in [4.69, 9.17) is 0 Å². The quantitative estimate of drug-likeness (QED) is 0.799. The molecule has 2 rings (SSSR count). The van der Waals surface area contributed by atoms with Crippen molar-refractivity contribution in [1.82, 2.24) is 20.4 Å². The molecule has 1 aliphatic heterocycles. The van der Waals surface area contributed by atoms with Gasteiger partial charge in [-0.25, -0.2) is 4.79 Å². The van der Waals surface area contributed by atoms with Crippen molar-refractivity contribution >= 4 is 17.8 Å². The first-order valence-electron chi connectivity index (χ1n) is 9.05. The van der Waals surface area contributed by atoms with Crippen LogP contribution < -0.4 is 10.6 Å². The maximum absolute atomic E-state index is 12.4. The predicted octanol–water partition coefficient (Wildman–Crippen LogP) is 0.945. The van der Waals surface area contributed by atoms with Crippen LogP contribution in [0.5, 0.6) is 0 Å². The summed E-state index contributed by atoms with van der Waals surface area (Å²) in [6.45, 7) is 4.43. The van der Waals surface area contributed by atoms with Crippen LogP contribution in [0.1, 0.15) is 45.4 Å². The fourth-order valence-electron chi connectivity index (χ4n) is 3.57. The van der Waals surface area contributed by atoms with Gasteiger partial charge in [0.05, 0.1) is 6.04 Å². The smallest absolute Gasteiger partial charge is 0.321 e. The maximum atomic E-state index is 12.4. The van der Waals surface area contributed by atoms with Gasteiger partial charge in [0.15, 0.2) is 0 Å². The molecule has 2 aliphatic rings. The summed E-state index contributed by atoms with van der Waals surface area (Å²) in [5.74, 6) is 0.502. The molecule has 2 fully saturated rings. The van der Waals surface area contributed by atoms with Crippen LogP contribution in [0.4, 0.5) is 4.79 Å². The Morgan fingerprint density at radius 2 is 1.67 bits per heavy atom. The van der Waals surface area contributed by atoms with E-state index in [1.54, 1.807) is 6.92 Å². The summed E-state index contributed by atoms with van der Waals surface area (Å²) in [5.41, 5.74) is 0. The number of nitrogens with one attached hydrogen (secondary N) is 2. The summed E-state index contributed by atoms with van der Waals surface area (Å²) < 4.78 is 0. The molecule has 7 nitrogen and oxygen atoms in total. The Kier molecular flexibility index (Phi) is 7.02. The molecule has 4 amide bonds. The fraction of sp³-hybridized carbons (Fsp3) is 0.824. The third-order valence-corrected chi connectivity index (χ3v) is 5.25. The minimum absolute atomic E-state index is 0.254. The van der Waals surface area contributed by atoms with Crippen molar-refractivity contribution in [3.05, 3.63) is 0 Å². The van der Waals surface area contributed by atoms with Gasteiger partial charge >= 0.3 is 6.03 Å². The zero-order valence-corrected chi connectivity index (χ0v) is 14.8. The Labute approximate surface area is 144 Å². The molecule has 0 aromatic carbocycles. The molecular weight excluding hydrogens is 308 g/mol.